The van der Waals surface area contributed by atoms with Crippen LogP contribution in [0.1, 0.15) is 6.42 Å². The number of para-hydroxylation sites is 5. The number of allylic oxidation sites excluding steroid dienone is 4. The Labute approximate surface area is 258 Å². The fourth-order valence-corrected chi connectivity index (χ4v) is 5.74. The lowest BCUT2D eigenvalue weighted by Crippen LogP contribution is -2.28. The van der Waals surface area contributed by atoms with Crippen LogP contribution in [-0.2, 0) is 0 Å². The predicted molar refractivity (Wildman–Crippen MR) is 186 cm³/mol. The Bertz CT molecular complexity index is 1950. The average molecular weight is 569 g/mol. The molecule has 0 atom stereocenters. The van der Waals surface area contributed by atoms with E-state index in [0.29, 0.717) is 12.1 Å². The summed E-state index contributed by atoms with van der Waals surface area (Å²) in [6.45, 7) is 0. The molecule has 44 heavy (non-hydrogen) atoms. The number of hydrogen-bond acceptors (Lipinski definition) is 4. The van der Waals surface area contributed by atoms with E-state index in [4.69, 9.17) is 10.7 Å². The summed E-state index contributed by atoms with van der Waals surface area (Å²) in [6.07, 6.45) is 5.01. The van der Waals surface area contributed by atoms with E-state index in [-0.39, 0.29) is 0 Å². The normalized spacial score (nSPS) is 13.8. The highest BCUT2D eigenvalue weighted by Gasteiger charge is 2.26. The molecule has 1 aliphatic carbocycles. The minimum absolute atomic E-state index is 0.598. The van der Waals surface area contributed by atoms with E-state index in [1.54, 1.807) is 0 Å². The fraction of sp³-hybridized carbons (Fsp3) is 0.0250. The van der Waals surface area contributed by atoms with Gasteiger partial charge in [0.15, 0.2) is 0 Å². The predicted octanol–water partition coefficient (Wildman–Crippen LogP) is 10.3. The van der Waals surface area contributed by atoms with Gasteiger partial charge in [0.1, 0.15) is 0 Å². The molecule has 0 heterocycles. The van der Waals surface area contributed by atoms with Crippen molar-refractivity contribution >= 4 is 50.6 Å². The molecule has 0 unspecified atom stereocenters. The van der Waals surface area contributed by atoms with Gasteiger partial charge in [-0.2, -0.15) is 0 Å². The van der Waals surface area contributed by atoms with E-state index in [0.717, 1.165) is 45.5 Å². The zero-order valence-corrected chi connectivity index (χ0v) is 24.3. The highest BCUT2D eigenvalue weighted by Crippen LogP contribution is 2.39. The Kier molecular flexibility index (Phi) is 7.46. The van der Waals surface area contributed by atoms with Crippen molar-refractivity contribution in [3.63, 3.8) is 0 Å². The second-order valence-electron chi connectivity index (χ2n) is 10.7. The number of fused-ring (bicyclic) bond motifs is 1. The molecule has 0 fully saturated rings. The lowest BCUT2D eigenvalue weighted by molar-refractivity contribution is 1.07. The number of rotatable bonds is 7. The molecular weight excluding hydrogens is 536 g/mol. The molecule has 6 aromatic rings. The Morgan fingerprint density at radius 1 is 0.477 bits per heavy atom. The number of nitrogen functional groups attached to an aromatic ring is 1. The lowest BCUT2D eigenvalue weighted by Gasteiger charge is -2.34. The van der Waals surface area contributed by atoms with E-state index in [9.17, 15) is 0 Å². The van der Waals surface area contributed by atoms with Crippen LogP contribution >= 0.6 is 0 Å². The number of nitrogens with two attached hydrogens (primary N) is 1. The number of anilines is 5. The average Bonchev–Trinajstić information content (AvgIpc) is 3.08. The molecule has 0 bridgehead atoms. The Morgan fingerprint density at radius 2 is 1.02 bits per heavy atom. The van der Waals surface area contributed by atoms with Crippen molar-refractivity contribution in [1.82, 2.24) is 0 Å². The lowest BCUT2D eigenvalue weighted by atomic mass is 9.99. The summed E-state index contributed by atoms with van der Waals surface area (Å²) in [6, 6.07) is 54.4. The smallest absolute Gasteiger partial charge is 0.0863 e. The molecule has 0 spiro atoms. The summed E-state index contributed by atoms with van der Waals surface area (Å²) in [4.78, 5) is 9.87. The quantitative estimate of drug-likeness (QED) is 0.195. The first-order chi connectivity index (χ1) is 21.7. The second kappa shape index (κ2) is 12.2. The zero-order valence-electron chi connectivity index (χ0n) is 24.3. The topological polar surface area (TPSA) is 44.9 Å². The molecule has 6 aromatic carbocycles. The standard InChI is InChI=1S/C40H32N4/c41-37-22-12-13-23-38(37)42-39-29-36(43(32-16-4-1-5-17-32)33-18-6-2-7-19-33)26-27-40(39)44(34-20-8-3-9-21-34)35-25-24-30-14-10-11-15-31(30)28-35/h1-28H,29,41H2. The van der Waals surface area contributed by atoms with Crippen LogP contribution in [0, 0.1) is 0 Å². The molecule has 4 heteroatoms. The SMILES string of the molecule is Nc1ccccc1N=C1CC(N(c2ccccc2)c2ccccc2)=CC=C1N(c1ccccc1)c1ccc2ccccc2c1. The van der Waals surface area contributed by atoms with Crippen LogP contribution in [0.2, 0.25) is 0 Å². The van der Waals surface area contributed by atoms with Gasteiger partial charge in [0.05, 0.1) is 22.8 Å². The third kappa shape index (κ3) is 5.49. The summed E-state index contributed by atoms with van der Waals surface area (Å²) in [5.74, 6) is 0. The third-order valence-electron chi connectivity index (χ3n) is 7.83. The van der Waals surface area contributed by atoms with Crippen molar-refractivity contribution in [3.05, 3.63) is 181 Å². The number of hydrogen-bond donors (Lipinski definition) is 1. The van der Waals surface area contributed by atoms with Gasteiger partial charge < -0.3 is 15.5 Å². The van der Waals surface area contributed by atoms with Crippen LogP contribution < -0.4 is 15.5 Å². The van der Waals surface area contributed by atoms with Crippen LogP contribution in [0.4, 0.5) is 34.1 Å². The van der Waals surface area contributed by atoms with Crippen molar-refractivity contribution in [1.29, 1.82) is 0 Å². The van der Waals surface area contributed by atoms with Gasteiger partial charge in [0.2, 0.25) is 0 Å². The fourth-order valence-electron chi connectivity index (χ4n) is 5.74. The first kappa shape index (κ1) is 27.0. The molecule has 0 saturated heterocycles. The molecule has 0 saturated carbocycles. The molecule has 7 rings (SSSR count). The maximum absolute atomic E-state index is 6.46. The van der Waals surface area contributed by atoms with Crippen molar-refractivity contribution < 1.29 is 0 Å². The van der Waals surface area contributed by atoms with Gasteiger partial charge in [-0.3, -0.25) is 0 Å². The van der Waals surface area contributed by atoms with Crippen LogP contribution in [0.25, 0.3) is 10.8 Å². The van der Waals surface area contributed by atoms with Crippen LogP contribution in [-0.4, -0.2) is 5.71 Å². The van der Waals surface area contributed by atoms with Crippen LogP contribution in [0.3, 0.4) is 0 Å². The van der Waals surface area contributed by atoms with Gasteiger partial charge in [-0.1, -0.05) is 97.1 Å². The molecule has 2 N–H and O–H groups in total. The van der Waals surface area contributed by atoms with Crippen LogP contribution in [0.15, 0.2) is 186 Å². The number of aliphatic imine (C=N–C) groups is 1. The summed E-state index contributed by atoms with van der Waals surface area (Å²) in [5.41, 5.74) is 15.2. The first-order valence-corrected chi connectivity index (χ1v) is 14.8. The van der Waals surface area contributed by atoms with Gasteiger partial charge in [-0.05, 0) is 83.6 Å². The largest absolute Gasteiger partial charge is 0.397 e. The van der Waals surface area contributed by atoms with Gasteiger partial charge in [-0.15, -0.1) is 0 Å². The van der Waals surface area contributed by atoms with Crippen molar-refractivity contribution in [3.8, 4) is 0 Å². The van der Waals surface area contributed by atoms with Gasteiger partial charge >= 0.3 is 0 Å². The maximum atomic E-state index is 6.46. The minimum atomic E-state index is 0.598. The van der Waals surface area contributed by atoms with Crippen LogP contribution in [0.5, 0.6) is 0 Å². The molecule has 0 aliphatic heterocycles. The van der Waals surface area contributed by atoms with E-state index >= 15 is 0 Å². The molecule has 4 nitrogen and oxygen atoms in total. The van der Waals surface area contributed by atoms with E-state index < -0.39 is 0 Å². The highest BCUT2D eigenvalue weighted by atomic mass is 15.2. The Morgan fingerprint density at radius 3 is 1.66 bits per heavy atom. The van der Waals surface area contributed by atoms with E-state index in [1.807, 2.05) is 42.5 Å². The molecule has 212 valence electrons. The summed E-state index contributed by atoms with van der Waals surface area (Å²) < 4.78 is 0. The van der Waals surface area contributed by atoms with Gasteiger partial charge in [0.25, 0.3) is 0 Å². The highest BCUT2D eigenvalue weighted by molar-refractivity contribution is 6.10. The summed E-state index contributed by atoms with van der Waals surface area (Å²) >= 11 is 0. The first-order valence-electron chi connectivity index (χ1n) is 14.8. The van der Waals surface area contributed by atoms with Gasteiger partial charge in [0, 0.05) is 34.9 Å². The minimum Gasteiger partial charge on any atom is -0.397 e. The van der Waals surface area contributed by atoms with E-state index in [1.165, 1.54) is 10.8 Å². The molecule has 0 amide bonds. The number of benzene rings is 6. The molecule has 0 aromatic heterocycles. The monoisotopic (exact) mass is 568 g/mol. The molecule has 0 radical (unpaired) electrons. The van der Waals surface area contributed by atoms with Crippen molar-refractivity contribution in [2.45, 2.75) is 6.42 Å². The Balaban J connectivity index is 1.44. The number of nitrogens with zero attached hydrogens (tertiary/aromatic N) is 3. The third-order valence-corrected chi connectivity index (χ3v) is 7.83. The van der Waals surface area contributed by atoms with Gasteiger partial charge in [-0.25, -0.2) is 4.99 Å². The maximum Gasteiger partial charge on any atom is 0.0863 e. The second-order valence-corrected chi connectivity index (χ2v) is 10.7. The summed E-state index contributed by atoms with van der Waals surface area (Å²) in [5, 5.41) is 2.39. The Hall–Kier alpha value is -5.87. The summed E-state index contributed by atoms with van der Waals surface area (Å²) in [7, 11) is 0. The molecule has 1 aliphatic rings. The van der Waals surface area contributed by atoms with E-state index in [2.05, 4.69) is 137 Å². The van der Waals surface area contributed by atoms with Crippen molar-refractivity contribution in [2.75, 3.05) is 15.5 Å². The zero-order chi connectivity index (χ0) is 29.7. The van der Waals surface area contributed by atoms with Crippen molar-refractivity contribution in [2.24, 2.45) is 4.99 Å². The molecular formula is C40H32N4.